The lowest BCUT2D eigenvalue weighted by atomic mass is 10.1. The fourth-order valence-corrected chi connectivity index (χ4v) is 2.42. The van der Waals surface area contributed by atoms with Crippen molar-refractivity contribution in [2.75, 3.05) is 19.8 Å². The number of ether oxygens (including phenoxy) is 1. The Morgan fingerprint density at radius 3 is 2.76 bits per heavy atom. The molecule has 1 saturated heterocycles. The van der Waals surface area contributed by atoms with Crippen LogP contribution in [0.4, 0.5) is 13.2 Å². The highest BCUT2D eigenvalue weighted by Crippen LogP contribution is 2.22. The molecule has 0 aliphatic carbocycles. The third kappa shape index (κ3) is 4.20. The van der Waals surface area contributed by atoms with Gasteiger partial charge in [-0.2, -0.15) is 18.3 Å². The van der Waals surface area contributed by atoms with Crippen LogP contribution < -0.4 is 0 Å². The monoisotopic (exact) mass is 305 g/mol. The summed E-state index contributed by atoms with van der Waals surface area (Å²) in [5.41, 5.74) is 1.28. The van der Waals surface area contributed by atoms with E-state index in [0.717, 1.165) is 4.90 Å². The maximum absolute atomic E-state index is 12.7. The maximum Gasteiger partial charge on any atom is 0.406 e. The number of amides is 1. The van der Waals surface area contributed by atoms with Gasteiger partial charge in [-0.05, 0) is 19.4 Å². The summed E-state index contributed by atoms with van der Waals surface area (Å²) in [5, 5.41) is 4.09. The zero-order chi connectivity index (χ0) is 15.6. The van der Waals surface area contributed by atoms with Gasteiger partial charge in [0.15, 0.2) is 0 Å². The summed E-state index contributed by atoms with van der Waals surface area (Å²) in [4.78, 5) is 13.1. The second-order valence-electron chi connectivity index (χ2n) is 5.27. The molecule has 8 heteroatoms. The molecule has 0 saturated carbocycles. The lowest BCUT2D eigenvalue weighted by molar-refractivity contribution is -0.165. The fraction of sp³-hybridized carbons (Fsp3) is 0.692. The van der Waals surface area contributed by atoms with Crippen LogP contribution >= 0.6 is 0 Å². The Hall–Kier alpha value is -1.57. The molecule has 1 aromatic rings. The zero-order valence-corrected chi connectivity index (χ0v) is 12.0. The van der Waals surface area contributed by atoms with E-state index in [1.165, 1.54) is 4.68 Å². The van der Waals surface area contributed by atoms with Crippen LogP contribution in [0.25, 0.3) is 0 Å². The molecule has 0 spiro atoms. The molecule has 1 aliphatic heterocycles. The summed E-state index contributed by atoms with van der Waals surface area (Å²) in [6, 6.07) is 1.68. The Morgan fingerprint density at radius 2 is 2.29 bits per heavy atom. The minimum absolute atomic E-state index is 0.105. The van der Waals surface area contributed by atoms with E-state index in [-0.39, 0.29) is 13.2 Å². The van der Waals surface area contributed by atoms with Crippen molar-refractivity contribution < 1.29 is 22.7 Å². The van der Waals surface area contributed by atoms with Crippen molar-refractivity contribution in [1.82, 2.24) is 14.7 Å². The summed E-state index contributed by atoms with van der Waals surface area (Å²) < 4.78 is 44.7. The van der Waals surface area contributed by atoms with Crippen LogP contribution in [0.1, 0.15) is 17.8 Å². The van der Waals surface area contributed by atoms with Gasteiger partial charge in [-0.3, -0.25) is 9.48 Å². The minimum Gasteiger partial charge on any atom is -0.381 e. The predicted octanol–water partition coefficient (Wildman–Crippen LogP) is 1.66. The first-order valence-corrected chi connectivity index (χ1v) is 6.69. The molecule has 1 aliphatic rings. The number of hydrogen-bond donors (Lipinski definition) is 0. The molecule has 0 unspecified atom stereocenters. The molecule has 5 nitrogen and oxygen atoms in total. The van der Waals surface area contributed by atoms with Crippen molar-refractivity contribution in [2.45, 2.75) is 26.1 Å². The van der Waals surface area contributed by atoms with Crippen molar-refractivity contribution in [2.24, 2.45) is 13.0 Å². The van der Waals surface area contributed by atoms with Crippen LogP contribution in [0, 0.1) is 12.8 Å². The summed E-state index contributed by atoms with van der Waals surface area (Å²) in [5.74, 6) is -0.995. The Balaban J connectivity index is 2.15. The lowest BCUT2D eigenvalue weighted by Crippen LogP contribution is -2.42. The van der Waals surface area contributed by atoms with Crippen LogP contribution in [-0.4, -0.2) is 46.5 Å². The van der Waals surface area contributed by atoms with E-state index in [0.29, 0.717) is 24.4 Å². The van der Waals surface area contributed by atoms with Gasteiger partial charge in [-0.1, -0.05) is 0 Å². The highest BCUT2D eigenvalue weighted by Gasteiger charge is 2.36. The van der Waals surface area contributed by atoms with Crippen molar-refractivity contribution >= 4 is 5.91 Å². The molecule has 1 amide bonds. The average Bonchev–Trinajstić information content (AvgIpc) is 2.96. The highest BCUT2D eigenvalue weighted by molar-refractivity contribution is 5.79. The van der Waals surface area contributed by atoms with E-state index in [4.69, 9.17) is 4.74 Å². The summed E-state index contributed by atoms with van der Waals surface area (Å²) in [7, 11) is 1.65. The second kappa shape index (κ2) is 6.05. The number of alkyl halides is 3. The number of rotatable bonds is 4. The van der Waals surface area contributed by atoms with Gasteiger partial charge in [-0.15, -0.1) is 0 Å². The average molecular weight is 305 g/mol. The Labute approximate surface area is 120 Å². The van der Waals surface area contributed by atoms with Gasteiger partial charge in [0.1, 0.15) is 6.54 Å². The van der Waals surface area contributed by atoms with Gasteiger partial charge in [0.05, 0.1) is 30.5 Å². The Bertz CT molecular complexity index is 507. The van der Waals surface area contributed by atoms with Crippen molar-refractivity contribution in [3.63, 3.8) is 0 Å². The van der Waals surface area contributed by atoms with Crippen LogP contribution in [0.15, 0.2) is 6.07 Å². The normalized spacial score (nSPS) is 19.0. The topological polar surface area (TPSA) is 47.4 Å². The first-order valence-electron chi connectivity index (χ1n) is 6.69. The molecule has 1 fully saturated rings. The molecule has 0 N–H and O–H groups in total. The zero-order valence-electron chi connectivity index (χ0n) is 12.0. The molecule has 2 rings (SSSR count). The van der Waals surface area contributed by atoms with Crippen LogP contribution in [0.2, 0.25) is 0 Å². The molecule has 0 aromatic carbocycles. The van der Waals surface area contributed by atoms with Gasteiger partial charge >= 0.3 is 6.18 Å². The smallest absolute Gasteiger partial charge is 0.381 e. The van der Waals surface area contributed by atoms with Crippen molar-refractivity contribution in [3.05, 3.63) is 17.5 Å². The van der Waals surface area contributed by atoms with Gasteiger partial charge in [0, 0.05) is 13.7 Å². The van der Waals surface area contributed by atoms with Crippen LogP contribution in [0.5, 0.6) is 0 Å². The van der Waals surface area contributed by atoms with Gasteiger partial charge in [0.2, 0.25) is 5.91 Å². The Morgan fingerprint density at radius 1 is 1.57 bits per heavy atom. The number of hydrogen-bond acceptors (Lipinski definition) is 3. The summed E-state index contributed by atoms with van der Waals surface area (Å²) in [6.45, 7) is 1.00. The standard InChI is InChI=1S/C13H18F3N3O2/c1-9-5-11(18(2)17-9)6-19(8-13(14,15)16)12(20)10-3-4-21-7-10/h5,10H,3-4,6-8H2,1-2H3/t10-/m1/s1. The number of carbonyl (C=O) groups is 1. The Kier molecular flexibility index (Phi) is 4.55. The molecule has 1 aromatic heterocycles. The first-order chi connectivity index (χ1) is 9.76. The quantitative estimate of drug-likeness (QED) is 0.850. The third-order valence-electron chi connectivity index (χ3n) is 3.41. The number of halogens is 3. The third-order valence-corrected chi connectivity index (χ3v) is 3.41. The van der Waals surface area contributed by atoms with Crippen molar-refractivity contribution in [3.8, 4) is 0 Å². The molecule has 2 heterocycles. The predicted molar refractivity (Wildman–Crippen MR) is 68.3 cm³/mol. The van der Waals surface area contributed by atoms with E-state index >= 15 is 0 Å². The van der Waals surface area contributed by atoms with E-state index in [9.17, 15) is 18.0 Å². The number of carbonyl (C=O) groups excluding carboxylic acids is 1. The summed E-state index contributed by atoms with van der Waals surface area (Å²) >= 11 is 0. The largest absolute Gasteiger partial charge is 0.406 e. The number of nitrogens with zero attached hydrogens (tertiary/aromatic N) is 3. The first kappa shape index (κ1) is 15.8. The molecule has 21 heavy (non-hydrogen) atoms. The minimum atomic E-state index is -4.43. The fourth-order valence-electron chi connectivity index (χ4n) is 2.42. The molecule has 118 valence electrons. The second-order valence-corrected chi connectivity index (χ2v) is 5.27. The maximum atomic E-state index is 12.7. The van der Waals surface area contributed by atoms with E-state index in [1.54, 1.807) is 20.0 Å². The van der Waals surface area contributed by atoms with Gasteiger partial charge < -0.3 is 9.64 Å². The summed E-state index contributed by atoms with van der Waals surface area (Å²) in [6.07, 6.45) is -3.96. The number of aryl methyl sites for hydroxylation is 2. The molecular weight excluding hydrogens is 287 g/mol. The lowest BCUT2D eigenvalue weighted by Gasteiger charge is -2.26. The van der Waals surface area contributed by atoms with Crippen LogP contribution in [-0.2, 0) is 23.1 Å². The molecular formula is C13H18F3N3O2. The van der Waals surface area contributed by atoms with E-state index in [1.807, 2.05) is 0 Å². The van der Waals surface area contributed by atoms with Crippen molar-refractivity contribution in [1.29, 1.82) is 0 Å². The highest BCUT2D eigenvalue weighted by atomic mass is 19.4. The SMILES string of the molecule is Cc1cc(CN(CC(F)(F)F)C(=O)[C@@H]2CCOC2)n(C)n1. The number of aromatic nitrogens is 2. The van der Waals surface area contributed by atoms with Gasteiger partial charge in [-0.25, -0.2) is 0 Å². The molecule has 0 radical (unpaired) electrons. The molecule has 1 atom stereocenters. The van der Waals surface area contributed by atoms with E-state index < -0.39 is 24.5 Å². The van der Waals surface area contributed by atoms with E-state index in [2.05, 4.69) is 5.10 Å². The molecule has 0 bridgehead atoms. The van der Waals surface area contributed by atoms with Gasteiger partial charge in [0.25, 0.3) is 0 Å². The van der Waals surface area contributed by atoms with Crippen LogP contribution in [0.3, 0.4) is 0 Å².